The van der Waals surface area contributed by atoms with Gasteiger partial charge < -0.3 is 13.9 Å². The molecule has 33 heavy (non-hydrogen) atoms. The number of rotatable bonds is 9. The molecule has 4 rings (SSSR count). The van der Waals surface area contributed by atoms with Gasteiger partial charge in [0.25, 0.3) is 0 Å². The lowest BCUT2D eigenvalue weighted by Gasteiger charge is -2.31. The van der Waals surface area contributed by atoms with Crippen molar-refractivity contribution >= 4 is 5.78 Å². The normalized spacial score (nSPS) is 16.5. The highest BCUT2D eigenvalue weighted by Gasteiger charge is 2.27. The van der Waals surface area contributed by atoms with Gasteiger partial charge in [-0.1, -0.05) is 36.4 Å². The summed E-state index contributed by atoms with van der Waals surface area (Å²) in [7, 11) is 3.22. The van der Waals surface area contributed by atoms with Crippen molar-refractivity contribution in [1.82, 2.24) is 9.88 Å². The highest BCUT2D eigenvalue weighted by Crippen LogP contribution is 2.38. The fourth-order valence-electron chi connectivity index (χ4n) is 4.54. The number of aromatic nitrogens is 1. The molecule has 6 heteroatoms. The van der Waals surface area contributed by atoms with Gasteiger partial charge in [0, 0.05) is 25.4 Å². The zero-order chi connectivity index (χ0) is 23.2. The summed E-state index contributed by atoms with van der Waals surface area (Å²) < 4.78 is 17.0. The van der Waals surface area contributed by atoms with E-state index in [0.29, 0.717) is 36.1 Å². The van der Waals surface area contributed by atoms with E-state index >= 15 is 0 Å². The number of oxazole rings is 1. The molecule has 0 aliphatic carbocycles. The van der Waals surface area contributed by atoms with Crippen LogP contribution in [-0.2, 0) is 17.8 Å². The number of carbonyl (C=O) groups excluding carboxylic acids is 1. The maximum Gasteiger partial charge on any atom is 0.230 e. The van der Waals surface area contributed by atoms with Crippen LogP contribution >= 0.6 is 0 Å². The number of nitrogens with zero attached hydrogens (tertiary/aromatic N) is 2. The number of hydrogen-bond donors (Lipinski definition) is 0. The molecule has 2 heterocycles. The van der Waals surface area contributed by atoms with E-state index < -0.39 is 0 Å². The molecule has 0 amide bonds. The number of piperidine rings is 1. The first-order chi connectivity index (χ1) is 16.1. The van der Waals surface area contributed by atoms with Gasteiger partial charge >= 0.3 is 0 Å². The van der Waals surface area contributed by atoms with Gasteiger partial charge in [0.15, 0.2) is 11.5 Å². The summed E-state index contributed by atoms with van der Waals surface area (Å²) >= 11 is 0. The first kappa shape index (κ1) is 23.1. The number of ether oxygens (including phenoxy) is 2. The molecule has 0 radical (unpaired) electrons. The molecule has 174 valence electrons. The Morgan fingerprint density at radius 3 is 2.70 bits per heavy atom. The first-order valence-corrected chi connectivity index (χ1v) is 11.6. The van der Waals surface area contributed by atoms with Crippen LogP contribution in [0.2, 0.25) is 0 Å². The summed E-state index contributed by atoms with van der Waals surface area (Å²) in [5.41, 5.74) is 2.88. The van der Waals surface area contributed by atoms with Crippen molar-refractivity contribution < 1.29 is 18.7 Å². The smallest absolute Gasteiger partial charge is 0.230 e. The molecule has 2 aromatic carbocycles. The second-order valence-corrected chi connectivity index (χ2v) is 8.59. The Hall–Kier alpha value is -3.12. The zero-order valence-corrected chi connectivity index (χ0v) is 19.7. The Labute approximate surface area is 195 Å². The van der Waals surface area contributed by atoms with E-state index in [4.69, 9.17) is 18.9 Å². The standard InChI is InChI=1S/C27H32N2O4/c1-19-23(28-27(33-19)22-12-7-13-25(31-2)26(22)32-3)18-29-16-8-11-21(17-29)24(30)15-14-20-9-5-4-6-10-20/h4-7,9-10,12-13,21H,8,11,14-18H2,1-3H3. The molecule has 0 saturated carbocycles. The van der Waals surface area contributed by atoms with Crippen LogP contribution in [0.25, 0.3) is 11.5 Å². The Balaban J connectivity index is 1.41. The summed E-state index contributed by atoms with van der Waals surface area (Å²) in [6.07, 6.45) is 3.40. The summed E-state index contributed by atoms with van der Waals surface area (Å²) in [4.78, 5) is 20.0. The number of carbonyl (C=O) groups is 1. The van der Waals surface area contributed by atoms with E-state index in [1.165, 1.54) is 5.56 Å². The maximum absolute atomic E-state index is 12.9. The van der Waals surface area contributed by atoms with Gasteiger partial charge in [-0.2, -0.15) is 0 Å². The predicted octanol–water partition coefficient (Wildman–Crippen LogP) is 5.08. The molecule has 1 aliphatic rings. The van der Waals surface area contributed by atoms with Crippen molar-refractivity contribution in [2.24, 2.45) is 5.92 Å². The Bertz CT molecular complexity index is 1080. The number of para-hydroxylation sites is 1. The Morgan fingerprint density at radius 1 is 1.12 bits per heavy atom. The molecule has 1 unspecified atom stereocenters. The van der Waals surface area contributed by atoms with Gasteiger partial charge in [0.2, 0.25) is 5.89 Å². The quantitative estimate of drug-likeness (QED) is 0.455. The summed E-state index contributed by atoms with van der Waals surface area (Å²) in [6.45, 7) is 4.35. The van der Waals surface area contributed by atoms with Crippen molar-refractivity contribution in [3.8, 4) is 23.0 Å². The number of ketones is 1. The third kappa shape index (κ3) is 5.45. The molecule has 1 aliphatic heterocycles. The van der Waals surface area contributed by atoms with Crippen LogP contribution in [0.4, 0.5) is 0 Å². The fourth-order valence-corrected chi connectivity index (χ4v) is 4.54. The van der Waals surface area contributed by atoms with Crippen LogP contribution in [0.5, 0.6) is 11.5 Å². The van der Waals surface area contributed by atoms with Gasteiger partial charge in [-0.05, 0) is 50.4 Å². The number of methoxy groups -OCH3 is 2. The third-order valence-electron chi connectivity index (χ3n) is 6.36. The van der Waals surface area contributed by atoms with Crippen molar-refractivity contribution in [1.29, 1.82) is 0 Å². The fraction of sp³-hybridized carbons (Fsp3) is 0.407. The van der Waals surface area contributed by atoms with Gasteiger partial charge in [-0.3, -0.25) is 9.69 Å². The monoisotopic (exact) mass is 448 g/mol. The number of hydrogen-bond acceptors (Lipinski definition) is 6. The molecule has 0 spiro atoms. The van der Waals surface area contributed by atoms with Gasteiger partial charge in [0.05, 0.1) is 25.5 Å². The van der Waals surface area contributed by atoms with E-state index in [1.807, 2.05) is 43.3 Å². The topological polar surface area (TPSA) is 64.8 Å². The number of Topliss-reactive ketones (excluding diaryl/α,β-unsaturated/α-hetero) is 1. The van der Waals surface area contributed by atoms with E-state index in [9.17, 15) is 4.79 Å². The maximum atomic E-state index is 12.9. The van der Waals surface area contributed by atoms with Crippen molar-refractivity contribution in [3.05, 3.63) is 65.5 Å². The molecule has 1 atom stereocenters. The molecular formula is C27H32N2O4. The second-order valence-electron chi connectivity index (χ2n) is 8.59. The minimum atomic E-state index is 0.0904. The highest BCUT2D eigenvalue weighted by molar-refractivity contribution is 5.81. The predicted molar refractivity (Wildman–Crippen MR) is 128 cm³/mol. The minimum absolute atomic E-state index is 0.0904. The minimum Gasteiger partial charge on any atom is -0.493 e. The van der Waals surface area contributed by atoms with E-state index in [-0.39, 0.29) is 5.92 Å². The van der Waals surface area contributed by atoms with Crippen molar-refractivity contribution in [2.45, 2.75) is 39.2 Å². The Morgan fingerprint density at radius 2 is 1.94 bits per heavy atom. The van der Waals surface area contributed by atoms with Crippen LogP contribution in [-0.4, -0.2) is 43.0 Å². The lowest BCUT2D eigenvalue weighted by atomic mass is 9.90. The highest BCUT2D eigenvalue weighted by atomic mass is 16.5. The van der Waals surface area contributed by atoms with Crippen molar-refractivity contribution in [2.75, 3.05) is 27.3 Å². The van der Waals surface area contributed by atoms with Gasteiger partial charge in [0.1, 0.15) is 11.5 Å². The van der Waals surface area contributed by atoms with Crippen molar-refractivity contribution in [3.63, 3.8) is 0 Å². The van der Waals surface area contributed by atoms with Crippen LogP contribution in [0, 0.1) is 12.8 Å². The van der Waals surface area contributed by atoms with E-state index in [1.54, 1.807) is 14.2 Å². The van der Waals surface area contributed by atoms with Crippen LogP contribution in [0.15, 0.2) is 52.9 Å². The summed E-state index contributed by atoms with van der Waals surface area (Å²) in [5, 5.41) is 0. The van der Waals surface area contributed by atoms with E-state index in [0.717, 1.165) is 49.4 Å². The van der Waals surface area contributed by atoms with Crippen LogP contribution in [0.1, 0.15) is 36.3 Å². The summed E-state index contributed by atoms with van der Waals surface area (Å²) in [6, 6.07) is 15.9. The Kier molecular flexibility index (Phi) is 7.45. The van der Waals surface area contributed by atoms with E-state index in [2.05, 4.69) is 17.0 Å². The molecule has 6 nitrogen and oxygen atoms in total. The first-order valence-electron chi connectivity index (χ1n) is 11.6. The van der Waals surface area contributed by atoms with Crippen LogP contribution in [0.3, 0.4) is 0 Å². The lowest BCUT2D eigenvalue weighted by molar-refractivity contribution is -0.124. The second kappa shape index (κ2) is 10.7. The molecule has 0 N–H and O–H groups in total. The number of likely N-dealkylation sites (tertiary alicyclic amines) is 1. The van der Waals surface area contributed by atoms with Gasteiger partial charge in [-0.15, -0.1) is 0 Å². The zero-order valence-electron chi connectivity index (χ0n) is 19.7. The number of benzene rings is 2. The molecule has 3 aromatic rings. The average molecular weight is 449 g/mol. The van der Waals surface area contributed by atoms with Gasteiger partial charge in [-0.25, -0.2) is 4.98 Å². The number of aryl methyl sites for hydroxylation is 2. The SMILES string of the molecule is COc1cccc(-c2nc(CN3CCCC(C(=O)CCc4ccccc4)C3)c(C)o2)c1OC. The average Bonchev–Trinajstić information content (AvgIpc) is 3.22. The largest absolute Gasteiger partial charge is 0.493 e. The molecule has 1 saturated heterocycles. The molecular weight excluding hydrogens is 416 g/mol. The van der Waals surface area contributed by atoms with Crippen LogP contribution < -0.4 is 9.47 Å². The summed E-state index contributed by atoms with van der Waals surface area (Å²) in [5.74, 6) is 3.00. The third-order valence-corrected chi connectivity index (χ3v) is 6.36. The lowest BCUT2D eigenvalue weighted by Crippen LogP contribution is -2.38. The molecule has 0 bridgehead atoms. The molecule has 1 fully saturated rings. The molecule has 1 aromatic heterocycles.